The normalized spacial score (nSPS) is 10.8. The molecule has 0 bridgehead atoms. The molecule has 1 rings (SSSR count). The van der Waals surface area contributed by atoms with Crippen LogP contribution in [0.1, 0.15) is 50.7 Å². The van der Waals surface area contributed by atoms with Crippen LogP contribution < -0.4 is 0 Å². The number of hydrogen-bond donors (Lipinski definition) is 0. The van der Waals surface area contributed by atoms with Gasteiger partial charge in [-0.05, 0) is 23.0 Å². The Bertz CT molecular complexity index is 366. The topological polar surface area (TPSA) is 29.4 Å². The van der Waals surface area contributed by atoms with Gasteiger partial charge in [-0.2, -0.15) is 8.57 Å². The van der Waals surface area contributed by atoms with Gasteiger partial charge < -0.3 is 0 Å². The van der Waals surface area contributed by atoms with Gasteiger partial charge in [-0.15, -0.1) is 0 Å². The molecule has 0 amide bonds. The van der Waals surface area contributed by atoms with E-state index < -0.39 is 0 Å². The summed E-state index contributed by atoms with van der Waals surface area (Å²) in [6, 6.07) is 6.14. The predicted octanol–water partition coefficient (Wildman–Crippen LogP) is 3.96. The number of benzene rings is 1. The molecule has 2 nitrogen and oxygen atoms in total. The molecule has 0 heterocycles. The molecule has 0 aliphatic heterocycles. The van der Waals surface area contributed by atoms with Gasteiger partial charge in [0.05, 0.1) is 5.69 Å². The second kappa shape index (κ2) is 5.21. The van der Waals surface area contributed by atoms with Crippen LogP contribution >= 0.6 is 0 Å². The second-order valence-corrected chi connectivity index (χ2v) is 4.59. The molecule has 0 unspecified atom stereocenters. The molecule has 0 aromatic heterocycles. The lowest BCUT2D eigenvalue weighted by atomic mass is 9.93. The fourth-order valence-electron chi connectivity index (χ4n) is 1.65. The maximum absolute atomic E-state index is 10.6. The summed E-state index contributed by atoms with van der Waals surface area (Å²) in [7, 11) is 0. The Balaban J connectivity index is 3.41. The highest BCUT2D eigenvalue weighted by Gasteiger charge is 2.12. The zero-order valence-corrected chi connectivity index (χ0v) is 10.5. The molecule has 0 aliphatic carbocycles. The van der Waals surface area contributed by atoms with Crippen molar-refractivity contribution in [3.63, 3.8) is 0 Å². The third kappa shape index (κ3) is 2.75. The molecule has 1 aromatic rings. The smallest absolute Gasteiger partial charge is 0.191 e. The van der Waals surface area contributed by atoms with Crippen LogP contribution in [-0.2, 0) is 11.5 Å². The van der Waals surface area contributed by atoms with E-state index in [1.165, 1.54) is 0 Å². The van der Waals surface area contributed by atoms with Gasteiger partial charge in [0, 0.05) is 0 Å². The molecular formula is C12H17NOS. The SMILES string of the molecule is CC(C)c1cccc(C(C)C)c1N=S=O. The average Bonchev–Trinajstić information content (AvgIpc) is 2.17. The summed E-state index contributed by atoms with van der Waals surface area (Å²) < 4.78 is 14.6. The Labute approximate surface area is 95.0 Å². The van der Waals surface area contributed by atoms with Gasteiger partial charge in [0.2, 0.25) is 11.5 Å². The maximum Gasteiger partial charge on any atom is 0.205 e. The number of rotatable bonds is 3. The largest absolute Gasteiger partial charge is 0.205 e. The van der Waals surface area contributed by atoms with Crippen LogP contribution in [0.3, 0.4) is 0 Å². The molecule has 0 fully saturated rings. The minimum Gasteiger partial charge on any atom is -0.191 e. The van der Waals surface area contributed by atoms with Gasteiger partial charge in [-0.3, -0.25) is 0 Å². The van der Waals surface area contributed by atoms with Crippen molar-refractivity contribution in [1.29, 1.82) is 0 Å². The van der Waals surface area contributed by atoms with Crippen molar-refractivity contribution in [2.45, 2.75) is 39.5 Å². The first-order chi connectivity index (χ1) is 7.07. The minimum absolute atomic E-state index is 0.293. The van der Waals surface area contributed by atoms with Crippen LogP contribution in [0.25, 0.3) is 0 Å². The molecule has 3 heteroatoms. The van der Waals surface area contributed by atoms with E-state index in [2.05, 4.69) is 32.1 Å². The van der Waals surface area contributed by atoms with Gasteiger partial charge in [-0.1, -0.05) is 45.9 Å². The summed E-state index contributed by atoms with van der Waals surface area (Å²) in [5.41, 5.74) is 3.19. The van der Waals surface area contributed by atoms with Crippen molar-refractivity contribution in [3.05, 3.63) is 29.3 Å². The predicted molar refractivity (Wildman–Crippen MR) is 64.9 cm³/mol. The fraction of sp³-hybridized carbons (Fsp3) is 0.500. The Morgan fingerprint density at radius 3 is 1.87 bits per heavy atom. The monoisotopic (exact) mass is 223 g/mol. The van der Waals surface area contributed by atoms with Crippen LogP contribution in [0, 0.1) is 0 Å². The zero-order valence-electron chi connectivity index (χ0n) is 9.65. The van der Waals surface area contributed by atoms with E-state index in [1.54, 1.807) is 0 Å². The third-order valence-electron chi connectivity index (χ3n) is 2.47. The first-order valence-corrected chi connectivity index (χ1v) is 5.90. The summed E-state index contributed by atoms with van der Waals surface area (Å²) in [5, 5.41) is 0. The second-order valence-electron chi connectivity index (χ2n) is 4.26. The van der Waals surface area contributed by atoms with E-state index in [0.717, 1.165) is 16.8 Å². The highest BCUT2D eigenvalue weighted by Crippen LogP contribution is 2.34. The van der Waals surface area contributed by atoms with Crippen molar-refractivity contribution >= 4 is 17.2 Å². The third-order valence-corrected chi connectivity index (χ3v) is 2.73. The molecule has 0 aliphatic rings. The van der Waals surface area contributed by atoms with Gasteiger partial charge >= 0.3 is 0 Å². The van der Waals surface area contributed by atoms with Crippen LogP contribution in [0.15, 0.2) is 22.6 Å². The first kappa shape index (κ1) is 12.1. The quantitative estimate of drug-likeness (QED) is 0.762. The standard InChI is InChI=1S/C12H17NOS/c1-8(2)10-6-5-7-11(9(3)4)12(10)13-15-14/h5-9H,1-4H3. The van der Waals surface area contributed by atoms with Gasteiger partial charge in [-0.25, -0.2) is 0 Å². The summed E-state index contributed by atoms with van der Waals surface area (Å²) in [4.78, 5) is 0. The Hall–Kier alpha value is -0.960. The number of hydrogen-bond acceptors (Lipinski definition) is 2. The molecule has 82 valence electrons. The molecule has 1 aromatic carbocycles. The van der Waals surface area contributed by atoms with Crippen LogP contribution in [0.2, 0.25) is 0 Å². The van der Waals surface area contributed by atoms with Gasteiger partial charge in [0.15, 0.2) is 0 Å². The highest BCUT2D eigenvalue weighted by atomic mass is 32.1. The Morgan fingerprint density at radius 2 is 1.53 bits per heavy atom. The summed E-state index contributed by atoms with van der Waals surface area (Å²) in [6.45, 7) is 8.48. The van der Waals surface area contributed by atoms with E-state index >= 15 is 0 Å². The molecule has 0 radical (unpaired) electrons. The van der Waals surface area contributed by atoms with Gasteiger partial charge in [0.1, 0.15) is 0 Å². The average molecular weight is 223 g/mol. The lowest BCUT2D eigenvalue weighted by Gasteiger charge is -2.14. The van der Waals surface area contributed by atoms with E-state index in [-0.39, 0.29) is 0 Å². The molecule has 0 saturated carbocycles. The van der Waals surface area contributed by atoms with Gasteiger partial charge in [0.25, 0.3) is 0 Å². The van der Waals surface area contributed by atoms with E-state index in [0.29, 0.717) is 23.3 Å². The van der Waals surface area contributed by atoms with Crippen molar-refractivity contribution in [2.24, 2.45) is 4.36 Å². The fourth-order valence-corrected chi connectivity index (χ4v) is 1.94. The van der Waals surface area contributed by atoms with E-state index in [9.17, 15) is 4.21 Å². The summed E-state index contributed by atoms with van der Waals surface area (Å²) in [5.74, 6) is 0.796. The van der Waals surface area contributed by atoms with Crippen molar-refractivity contribution in [2.75, 3.05) is 0 Å². The Morgan fingerprint density at radius 1 is 1.07 bits per heavy atom. The van der Waals surface area contributed by atoms with Crippen molar-refractivity contribution < 1.29 is 4.21 Å². The molecule has 0 N–H and O–H groups in total. The molecule has 0 atom stereocenters. The lowest BCUT2D eigenvalue weighted by molar-refractivity contribution is 0.698. The highest BCUT2D eigenvalue weighted by molar-refractivity contribution is 7.54. The van der Waals surface area contributed by atoms with Crippen LogP contribution in [0.5, 0.6) is 0 Å². The zero-order chi connectivity index (χ0) is 11.4. The Kier molecular flexibility index (Phi) is 4.21. The number of nitrogens with zero attached hydrogens (tertiary/aromatic N) is 1. The van der Waals surface area contributed by atoms with E-state index in [1.807, 2.05) is 18.2 Å². The molecule has 15 heavy (non-hydrogen) atoms. The first-order valence-electron chi connectivity index (χ1n) is 5.20. The summed E-state index contributed by atoms with van der Waals surface area (Å²) >= 11 is 0.293. The molecule has 0 spiro atoms. The van der Waals surface area contributed by atoms with Crippen LogP contribution in [0.4, 0.5) is 5.69 Å². The van der Waals surface area contributed by atoms with Crippen LogP contribution in [-0.4, -0.2) is 4.21 Å². The summed E-state index contributed by atoms with van der Waals surface area (Å²) in [6.07, 6.45) is 0. The molecular weight excluding hydrogens is 206 g/mol. The molecule has 0 saturated heterocycles. The minimum atomic E-state index is 0.293. The van der Waals surface area contributed by atoms with E-state index in [4.69, 9.17) is 0 Å². The van der Waals surface area contributed by atoms with Crippen molar-refractivity contribution in [1.82, 2.24) is 0 Å². The maximum atomic E-state index is 10.6. The van der Waals surface area contributed by atoms with Crippen molar-refractivity contribution in [3.8, 4) is 0 Å². The lowest BCUT2D eigenvalue weighted by Crippen LogP contribution is -1.94.